The average Bonchev–Trinajstić information content (AvgIpc) is 3.13. The number of anilines is 1. The third-order valence-corrected chi connectivity index (χ3v) is 4.93. The van der Waals surface area contributed by atoms with Crippen LogP contribution in [0.1, 0.15) is 24.6 Å². The molecule has 1 fully saturated rings. The quantitative estimate of drug-likeness (QED) is 0.750. The predicted octanol–water partition coefficient (Wildman–Crippen LogP) is 3.98. The smallest absolute Gasteiger partial charge is 0.321 e. The predicted molar refractivity (Wildman–Crippen MR) is 102 cm³/mol. The zero-order valence-electron chi connectivity index (χ0n) is 14.7. The number of nitrogens with zero attached hydrogens (tertiary/aromatic N) is 2. The van der Waals surface area contributed by atoms with Gasteiger partial charge in [-0.1, -0.05) is 24.3 Å². The first-order valence-corrected chi connectivity index (χ1v) is 8.88. The van der Waals surface area contributed by atoms with E-state index in [1.807, 2.05) is 53.4 Å². The number of rotatable bonds is 3. The van der Waals surface area contributed by atoms with Crippen molar-refractivity contribution in [3.05, 3.63) is 54.4 Å². The molecular formula is C20H22N4O2. The lowest BCUT2D eigenvalue weighted by Crippen LogP contribution is -2.40. The van der Waals surface area contributed by atoms with Gasteiger partial charge >= 0.3 is 6.03 Å². The summed E-state index contributed by atoms with van der Waals surface area (Å²) < 4.78 is 5.29. The Morgan fingerprint density at radius 1 is 1.15 bits per heavy atom. The van der Waals surface area contributed by atoms with Crippen molar-refractivity contribution >= 4 is 22.8 Å². The fourth-order valence-electron chi connectivity index (χ4n) is 3.46. The zero-order chi connectivity index (χ0) is 17.9. The van der Waals surface area contributed by atoms with Crippen LogP contribution in [-0.2, 0) is 0 Å². The van der Waals surface area contributed by atoms with Gasteiger partial charge in [-0.2, -0.15) is 0 Å². The van der Waals surface area contributed by atoms with Gasteiger partial charge in [-0.15, -0.1) is 0 Å². The van der Waals surface area contributed by atoms with E-state index in [1.165, 1.54) is 0 Å². The van der Waals surface area contributed by atoms with Gasteiger partial charge in [0.2, 0.25) is 0 Å². The molecule has 0 aliphatic carbocycles. The maximum atomic E-state index is 12.6. The zero-order valence-corrected chi connectivity index (χ0v) is 14.7. The standard InChI is InChI=1S/C20H22N4O2/c1-26-18-9-5-4-8-17(18)23-20(25)24-12-10-14(11-13-24)19-21-15-6-2-3-7-16(15)22-19/h2-9,14H,10-13H2,1H3,(H,21,22)(H,23,25). The van der Waals surface area contributed by atoms with Crippen LogP contribution >= 0.6 is 0 Å². The monoisotopic (exact) mass is 350 g/mol. The minimum atomic E-state index is -0.0856. The van der Waals surface area contributed by atoms with Crippen molar-refractivity contribution in [1.82, 2.24) is 14.9 Å². The van der Waals surface area contributed by atoms with Crippen LogP contribution in [0.3, 0.4) is 0 Å². The van der Waals surface area contributed by atoms with E-state index in [0.717, 1.165) is 29.7 Å². The van der Waals surface area contributed by atoms with Crippen LogP contribution < -0.4 is 10.1 Å². The van der Waals surface area contributed by atoms with Gasteiger partial charge in [0.25, 0.3) is 0 Å². The van der Waals surface area contributed by atoms with Gasteiger partial charge in [-0.05, 0) is 37.1 Å². The lowest BCUT2D eigenvalue weighted by Gasteiger charge is -2.31. The number of imidazole rings is 1. The maximum Gasteiger partial charge on any atom is 0.321 e. The van der Waals surface area contributed by atoms with Crippen molar-refractivity contribution in [2.45, 2.75) is 18.8 Å². The van der Waals surface area contributed by atoms with Crippen LogP contribution in [0.25, 0.3) is 11.0 Å². The highest BCUT2D eigenvalue weighted by atomic mass is 16.5. The molecule has 3 aromatic rings. The van der Waals surface area contributed by atoms with Gasteiger partial charge in [0.1, 0.15) is 11.6 Å². The molecule has 0 radical (unpaired) electrons. The number of ether oxygens (including phenoxy) is 1. The Morgan fingerprint density at radius 3 is 2.65 bits per heavy atom. The van der Waals surface area contributed by atoms with Crippen LogP contribution in [0.5, 0.6) is 5.75 Å². The summed E-state index contributed by atoms with van der Waals surface area (Å²) in [5.74, 6) is 2.05. The molecule has 0 spiro atoms. The Balaban J connectivity index is 1.39. The van der Waals surface area contributed by atoms with Gasteiger partial charge < -0.3 is 19.9 Å². The van der Waals surface area contributed by atoms with E-state index in [-0.39, 0.29) is 6.03 Å². The molecule has 1 saturated heterocycles. The molecular weight excluding hydrogens is 328 g/mol. The molecule has 0 atom stereocenters. The summed E-state index contributed by atoms with van der Waals surface area (Å²) in [4.78, 5) is 22.5. The van der Waals surface area contributed by atoms with Crippen molar-refractivity contribution in [1.29, 1.82) is 0 Å². The Labute approximate surface area is 152 Å². The summed E-state index contributed by atoms with van der Waals surface area (Å²) in [6.07, 6.45) is 1.80. The van der Waals surface area contributed by atoms with Crippen molar-refractivity contribution in [2.24, 2.45) is 0 Å². The van der Waals surface area contributed by atoms with E-state index in [2.05, 4.69) is 10.3 Å². The van der Waals surface area contributed by atoms with E-state index in [0.29, 0.717) is 30.4 Å². The molecule has 1 aliphatic rings. The number of hydrogen-bond donors (Lipinski definition) is 2. The largest absolute Gasteiger partial charge is 0.495 e. The number of carbonyl (C=O) groups is 1. The van der Waals surface area contributed by atoms with Crippen molar-refractivity contribution < 1.29 is 9.53 Å². The minimum Gasteiger partial charge on any atom is -0.495 e. The average molecular weight is 350 g/mol. The van der Waals surface area contributed by atoms with E-state index < -0.39 is 0 Å². The number of urea groups is 1. The number of benzene rings is 2. The molecule has 2 amide bonds. The molecule has 6 heteroatoms. The summed E-state index contributed by atoms with van der Waals surface area (Å²) in [7, 11) is 1.60. The number of aromatic nitrogens is 2. The number of likely N-dealkylation sites (tertiary alicyclic amines) is 1. The van der Waals surface area contributed by atoms with Gasteiger partial charge in [-0.25, -0.2) is 9.78 Å². The van der Waals surface area contributed by atoms with Crippen LogP contribution in [0.4, 0.5) is 10.5 Å². The Morgan fingerprint density at radius 2 is 1.88 bits per heavy atom. The van der Waals surface area contributed by atoms with Crippen LogP contribution in [-0.4, -0.2) is 41.1 Å². The molecule has 2 heterocycles. The molecule has 2 aromatic carbocycles. The Kier molecular flexibility index (Phi) is 4.48. The van der Waals surface area contributed by atoms with E-state index in [9.17, 15) is 4.79 Å². The maximum absolute atomic E-state index is 12.6. The number of amides is 2. The number of para-hydroxylation sites is 4. The molecule has 1 aromatic heterocycles. The number of aromatic amines is 1. The Bertz CT molecular complexity index is 880. The van der Waals surface area contributed by atoms with Crippen LogP contribution in [0.15, 0.2) is 48.5 Å². The second-order valence-electron chi connectivity index (χ2n) is 6.53. The first-order chi connectivity index (χ1) is 12.7. The van der Waals surface area contributed by atoms with Gasteiger partial charge in [0.05, 0.1) is 23.8 Å². The van der Waals surface area contributed by atoms with Crippen LogP contribution in [0, 0.1) is 0 Å². The second kappa shape index (κ2) is 7.07. The summed E-state index contributed by atoms with van der Waals surface area (Å²) in [6, 6.07) is 15.4. The summed E-state index contributed by atoms with van der Waals surface area (Å²) in [5.41, 5.74) is 2.76. The Hall–Kier alpha value is -3.02. The first-order valence-electron chi connectivity index (χ1n) is 8.88. The fraction of sp³-hybridized carbons (Fsp3) is 0.300. The lowest BCUT2D eigenvalue weighted by molar-refractivity contribution is 0.193. The lowest BCUT2D eigenvalue weighted by atomic mass is 9.96. The molecule has 0 bridgehead atoms. The second-order valence-corrected chi connectivity index (χ2v) is 6.53. The third kappa shape index (κ3) is 3.22. The fourth-order valence-corrected chi connectivity index (χ4v) is 3.46. The van der Waals surface area contributed by atoms with Crippen molar-refractivity contribution in [2.75, 3.05) is 25.5 Å². The molecule has 6 nitrogen and oxygen atoms in total. The molecule has 1 aliphatic heterocycles. The van der Waals surface area contributed by atoms with Crippen molar-refractivity contribution in [3.63, 3.8) is 0 Å². The first kappa shape index (κ1) is 16.4. The SMILES string of the molecule is COc1ccccc1NC(=O)N1CCC(c2nc3ccccc3[nH]2)CC1. The topological polar surface area (TPSA) is 70.2 Å². The third-order valence-electron chi connectivity index (χ3n) is 4.93. The molecule has 26 heavy (non-hydrogen) atoms. The highest BCUT2D eigenvalue weighted by molar-refractivity contribution is 5.91. The number of H-pyrrole nitrogens is 1. The number of methoxy groups -OCH3 is 1. The van der Waals surface area contributed by atoms with Gasteiger partial charge in [-0.3, -0.25) is 0 Å². The van der Waals surface area contributed by atoms with E-state index in [1.54, 1.807) is 7.11 Å². The number of nitrogens with one attached hydrogen (secondary N) is 2. The molecule has 4 rings (SSSR count). The summed E-state index contributed by atoms with van der Waals surface area (Å²) >= 11 is 0. The molecule has 2 N–H and O–H groups in total. The number of fused-ring (bicyclic) bond motifs is 1. The van der Waals surface area contributed by atoms with E-state index in [4.69, 9.17) is 9.72 Å². The van der Waals surface area contributed by atoms with Gasteiger partial charge in [0.15, 0.2) is 0 Å². The number of carbonyl (C=O) groups excluding carboxylic acids is 1. The minimum absolute atomic E-state index is 0.0856. The normalized spacial score (nSPS) is 15.2. The van der Waals surface area contributed by atoms with Crippen molar-refractivity contribution in [3.8, 4) is 5.75 Å². The highest BCUT2D eigenvalue weighted by Gasteiger charge is 2.26. The highest BCUT2D eigenvalue weighted by Crippen LogP contribution is 2.29. The summed E-state index contributed by atoms with van der Waals surface area (Å²) in [5, 5.41) is 2.95. The summed E-state index contributed by atoms with van der Waals surface area (Å²) in [6.45, 7) is 1.42. The molecule has 0 unspecified atom stereocenters. The molecule has 0 saturated carbocycles. The molecule has 134 valence electrons. The van der Waals surface area contributed by atoms with E-state index >= 15 is 0 Å². The van der Waals surface area contributed by atoms with Crippen LogP contribution in [0.2, 0.25) is 0 Å². The van der Waals surface area contributed by atoms with Gasteiger partial charge in [0, 0.05) is 19.0 Å². The number of hydrogen-bond acceptors (Lipinski definition) is 3. The number of piperidine rings is 1.